The van der Waals surface area contributed by atoms with Crippen molar-refractivity contribution in [3.8, 4) is 0 Å². The number of hydrogen-bond acceptors (Lipinski definition) is 6. The number of carbonyl (C=O) groups excluding carboxylic acids is 3. The number of unbranched alkanes of at least 4 members (excludes halogenated alkanes) is 38. The quantitative estimate of drug-likeness (QED) is 0.0261. The monoisotopic (exact) mass is 1160 g/mol. The fourth-order valence-electron chi connectivity index (χ4n) is 10.2. The Labute approximate surface area is 515 Å². The van der Waals surface area contributed by atoms with E-state index in [1.165, 1.54) is 205 Å². The summed E-state index contributed by atoms with van der Waals surface area (Å²) in [6, 6.07) is 0. The smallest absolute Gasteiger partial charge is 0.306 e. The van der Waals surface area contributed by atoms with Crippen molar-refractivity contribution in [2.24, 2.45) is 0 Å². The molecule has 0 N–H and O–H groups in total. The molecule has 0 aliphatic rings. The molecule has 0 aliphatic carbocycles. The van der Waals surface area contributed by atoms with E-state index in [2.05, 4.69) is 118 Å². The molecule has 0 spiro atoms. The van der Waals surface area contributed by atoms with Gasteiger partial charge in [0.1, 0.15) is 13.2 Å². The molecule has 0 fully saturated rings. The Hall–Kier alpha value is -3.67. The molecule has 0 saturated heterocycles. The Balaban J connectivity index is 4.39. The Kier molecular flexibility index (Phi) is 67.7. The third kappa shape index (κ3) is 69.0. The van der Waals surface area contributed by atoms with Gasteiger partial charge in [0.25, 0.3) is 0 Å². The standard InChI is InChI=1S/C77H134O6/c1-4-7-10-13-16-19-22-25-28-31-33-35-37-38-40-41-43-46-49-52-55-58-61-64-67-70-76(79)82-73-74(72-81-75(78)69-66-63-60-57-54-51-48-45-30-27-24-21-18-15-12-9-6-3)83-77(80)71-68-65-62-59-56-53-50-47-44-42-39-36-34-32-29-26-23-20-17-14-11-8-5-2/h7,10,16,19,25,27-28,30,32-35,38,40,43,46,74H,4-6,8-9,11-15,17-18,20-24,26,29,31,36-37,39,41-42,44-45,47-73H2,1-3H3/b10-7-,19-16-,28-25-,30-27-,34-32-,35-33-,40-38-,46-43-. The maximum absolute atomic E-state index is 13.0. The van der Waals surface area contributed by atoms with Gasteiger partial charge in [0.2, 0.25) is 0 Å². The zero-order chi connectivity index (χ0) is 59.9. The molecule has 0 saturated carbocycles. The van der Waals surface area contributed by atoms with E-state index < -0.39 is 6.10 Å². The van der Waals surface area contributed by atoms with Crippen LogP contribution in [0.3, 0.4) is 0 Å². The lowest BCUT2D eigenvalue weighted by Crippen LogP contribution is -2.30. The molecule has 6 heteroatoms. The third-order valence-corrected chi connectivity index (χ3v) is 15.5. The van der Waals surface area contributed by atoms with Gasteiger partial charge >= 0.3 is 17.9 Å². The number of rotatable bonds is 65. The van der Waals surface area contributed by atoms with Crippen LogP contribution in [-0.2, 0) is 28.6 Å². The van der Waals surface area contributed by atoms with Gasteiger partial charge in [-0.3, -0.25) is 14.4 Å². The molecular formula is C77H134O6. The van der Waals surface area contributed by atoms with E-state index in [0.29, 0.717) is 19.3 Å². The van der Waals surface area contributed by atoms with Gasteiger partial charge in [-0.25, -0.2) is 0 Å². The minimum absolute atomic E-state index is 0.0831. The first kappa shape index (κ1) is 79.3. The summed E-state index contributed by atoms with van der Waals surface area (Å²) < 4.78 is 17.0. The molecule has 1 atom stereocenters. The molecule has 0 radical (unpaired) electrons. The van der Waals surface area contributed by atoms with Crippen LogP contribution in [0.25, 0.3) is 0 Å². The van der Waals surface area contributed by atoms with Gasteiger partial charge in [0.05, 0.1) is 0 Å². The van der Waals surface area contributed by atoms with E-state index >= 15 is 0 Å². The van der Waals surface area contributed by atoms with Gasteiger partial charge in [0.15, 0.2) is 6.10 Å². The first-order valence-electron chi connectivity index (χ1n) is 35.7. The highest BCUT2D eigenvalue weighted by atomic mass is 16.6. The lowest BCUT2D eigenvalue weighted by atomic mass is 10.0. The van der Waals surface area contributed by atoms with Crippen LogP contribution in [0.5, 0.6) is 0 Å². The lowest BCUT2D eigenvalue weighted by Gasteiger charge is -2.18. The van der Waals surface area contributed by atoms with Gasteiger partial charge in [0, 0.05) is 19.3 Å². The molecular weight excluding hydrogens is 1020 g/mol. The highest BCUT2D eigenvalue weighted by Crippen LogP contribution is 2.17. The number of allylic oxidation sites excluding steroid dienone is 16. The average Bonchev–Trinajstić information content (AvgIpc) is 3.49. The lowest BCUT2D eigenvalue weighted by molar-refractivity contribution is -0.167. The molecule has 0 bridgehead atoms. The van der Waals surface area contributed by atoms with Crippen LogP contribution in [0.15, 0.2) is 97.2 Å². The van der Waals surface area contributed by atoms with Gasteiger partial charge in [-0.2, -0.15) is 0 Å². The summed E-state index contributed by atoms with van der Waals surface area (Å²) >= 11 is 0. The summed E-state index contributed by atoms with van der Waals surface area (Å²) in [7, 11) is 0. The first-order chi connectivity index (χ1) is 41.0. The van der Waals surface area contributed by atoms with Gasteiger partial charge < -0.3 is 14.2 Å². The van der Waals surface area contributed by atoms with Crippen LogP contribution in [-0.4, -0.2) is 37.2 Å². The fourth-order valence-corrected chi connectivity index (χ4v) is 10.2. The fraction of sp³-hybridized carbons (Fsp3) is 0.753. The van der Waals surface area contributed by atoms with E-state index in [1.54, 1.807) is 0 Å². The molecule has 0 rings (SSSR count). The molecule has 0 aliphatic heterocycles. The van der Waals surface area contributed by atoms with E-state index in [4.69, 9.17) is 14.2 Å². The van der Waals surface area contributed by atoms with Crippen LogP contribution >= 0.6 is 0 Å². The largest absolute Gasteiger partial charge is 0.462 e. The average molecular weight is 1160 g/mol. The predicted octanol–water partition coefficient (Wildman–Crippen LogP) is 24.8. The molecule has 0 aromatic heterocycles. The highest BCUT2D eigenvalue weighted by molar-refractivity contribution is 5.71. The molecule has 83 heavy (non-hydrogen) atoms. The van der Waals surface area contributed by atoms with Crippen LogP contribution in [0, 0.1) is 0 Å². The minimum Gasteiger partial charge on any atom is -0.462 e. The molecule has 0 amide bonds. The normalized spacial score (nSPS) is 12.7. The van der Waals surface area contributed by atoms with Crippen molar-refractivity contribution < 1.29 is 28.6 Å². The maximum Gasteiger partial charge on any atom is 0.306 e. The van der Waals surface area contributed by atoms with Gasteiger partial charge in [-0.05, 0) is 122 Å². The van der Waals surface area contributed by atoms with Crippen molar-refractivity contribution in [3.63, 3.8) is 0 Å². The maximum atomic E-state index is 13.0. The van der Waals surface area contributed by atoms with Crippen LogP contribution < -0.4 is 0 Å². The van der Waals surface area contributed by atoms with E-state index in [-0.39, 0.29) is 31.1 Å². The summed E-state index contributed by atoms with van der Waals surface area (Å²) in [6.07, 6.45) is 95.7. The molecule has 0 aromatic carbocycles. The third-order valence-electron chi connectivity index (χ3n) is 15.5. The Bertz CT molecular complexity index is 1610. The van der Waals surface area contributed by atoms with Gasteiger partial charge in [-0.1, -0.05) is 311 Å². The molecule has 0 heterocycles. The first-order valence-corrected chi connectivity index (χ1v) is 35.7. The summed E-state index contributed by atoms with van der Waals surface area (Å²) in [5.74, 6) is -0.886. The number of esters is 3. The van der Waals surface area contributed by atoms with E-state index in [1.807, 2.05) is 0 Å². The Morgan fingerprint density at radius 3 is 0.747 bits per heavy atom. The molecule has 0 aromatic rings. The minimum atomic E-state index is -0.789. The second-order valence-corrected chi connectivity index (χ2v) is 23.8. The number of ether oxygens (including phenoxy) is 3. The van der Waals surface area contributed by atoms with Crippen molar-refractivity contribution in [3.05, 3.63) is 97.2 Å². The van der Waals surface area contributed by atoms with Crippen LogP contribution in [0.4, 0.5) is 0 Å². The predicted molar refractivity (Wildman–Crippen MR) is 362 cm³/mol. The van der Waals surface area contributed by atoms with E-state index in [9.17, 15) is 14.4 Å². The van der Waals surface area contributed by atoms with Crippen LogP contribution in [0.2, 0.25) is 0 Å². The summed E-state index contributed by atoms with van der Waals surface area (Å²) in [5, 5.41) is 0. The highest BCUT2D eigenvalue weighted by Gasteiger charge is 2.19. The SMILES string of the molecule is CC/C=C\C/C=C\C/C=C\C/C=C\C/C=C\C/C=C\CCCCCCCCC(=O)OCC(COC(=O)CCCCCCCCC/C=C\CCCCCCCC)OC(=O)CCCCCCCCCCCCC/C=C\CCCCCCCCCC. The zero-order valence-corrected chi connectivity index (χ0v) is 54.9. The topological polar surface area (TPSA) is 78.9 Å². The summed E-state index contributed by atoms with van der Waals surface area (Å²) in [4.78, 5) is 38.5. The second-order valence-electron chi connectivity index (χ2n) is 23.8. The molecule has 478 valence electrons. The molecule has 6 nitrogen and oxygen atoms in total. The van der Waals surface area contributed by atoms with Crippen molar-refractivity contribution in [2.75, 3.05) is 13.2 Å². The van der Waals surface area contributed by atoms with Crippen molar-refractivity contribution in [1.29, 1.82) is 0 Å². The number of carbonyl (C=O) groups is 3. The second kappa shape index (κ2) is 70.8. The Morgan fingerprint density at radius 2 is 0.470 bits per heavy atom. The van der Waals surface area contributed by atoms with Gasteiger partial charge in [-0.15, -0.1) is 0 Å². The van der Waals surface area contributed by atoms with Crippen molar-refractivity contribution in [2.45, 2.75) is 361 Å². The number of hydrogen-bond donors (Lipinski definition) is 0. The van der Waals surface area contributed by atoms with Crippen molar-refractivity contribution >= 4 is 17.9 Å². The molecule has 1 unspecified atom stereocenters. The van der Waals surface area contributed by atoms with Crippen LogP contribution in [0.1, 0.15) is 355 Å². The van der Waals surface area contributed by atoms with E-state index in [0.717, 1.165) is 109 Å². The zero-order valence-electron chi connectivity index (χ0n) is 54.9. The van der Waals surface area contributed by atoms with Crippen molar-refractivity contribution in [1.82, 2.24) is 0 Å². The summed E-state index contributed by atoms with van der Waals surface area (Å²) in [5.41, 5.74) is 0. The summed E-state index contributed by atoms with van der Waals surface area (Å²) in [6.45, 7) is 6.55. The Morgan fingerprint density at radius 1 is 0.253 bits per heavy atom.